The fourth-order valence-electron chi connectivity index (χ4n) is 2.90. The molecular formula is C11H18N4O. The number of aryl methyl sites for hydroxylation is 1. The van der Waals surface area contributed by atoms with E-state index < -0.39 is 0 Å². The van der Waals surface area contributed by atoms with Gasteiger partial charge in [0.15, 0.2) is 5.82 Å². The van der Waals surface area contributed by atoms with Gasteiger partial charge in [0, 0.05) is 13.1 Å². The van der Waals surface area contributed by atoms with Crippen molar-refractivity contribution >= 4 is 0 Å². The van der Waals surface area contributed by atoms with Crippen LogP contribution in [0.3, 0.4) is 0 Å². The molecule has 1 aromatic heterocycles. The predicted octanol–water partition coefficient (Wildman–Crippen LogP) is 0.563. The molecule has 1 unspecified atom stereocenters. The van der Waals surface area contributed by atoms with Gasteiger partial charge in [-0.2, -0.15) is 4.98 Å². The van der Waals surface area contributed by atoms with E-state index in [1.807, 2.05) is 6.92 Å². The van der Waals surface area contributed by atoms with Crippen molar-refractivity contribution in [3.05, 3.63) is 11.7 Å². The smallest absolute Gasteiger partial charge is 0.240 e. The lowest BCUT2D eigenvalue weighted by Crippen LogP contribution is -2.29. The summed E-state index contributed by atoms with van der Waals surface area (Å²) in [5.74, 6) is 1.48. The van der Waals surface area contributed by atoms with Gasteiger partial charge < -0.3 is 9.84 Å². The average Bonchev–Trinajstić information content (AvgIpc) is 2.94. The Morgan fingerprint density at radius 1 is 1.50 bits per heavy atom. The number of hydrogen-bond acceptors (Lipinski definition) is 5. The monoisotopic (exact) mass is 222 g/mol. The second-order valence-corrected chi connectivity index (χ2v) is 5.12. The highest BCUT2D eigenvalue weighted by molar-refractivity contribution is 4.96. The van der Waals surface area contributed by atoms with Crippen molar-refractivity contribution in [1.29, 1.82) is 0 Å². The first-order valence-corrected chi connectivity index (χ1v) is 5.98. The van der Waals surface area contributed by atoms with Crippen LogP contribution in [0.15, 0.2) is 4.52 Å². The maximum atomic E-state index is 5.16. The summed E-state index contributed by atoms with van der Waals surface area (Å²) in [6.45, 7) is 7.34. The van der Waals surface area contributed by atoms with Gasteiger partial charge in [-0.1, -0.05) is 5.16 Å². The van der Waals surface area contributed by atoms with Crippen molar-refractivity contribution < 1.29 is 4.52 Å². The van der Waals surface area contributed by atoms with E-state index in [9.17, 15) is 0 Å². The zero-order chi connectivity index (χ0) is 11.0. The van der Waals surface area contributed by atoms with Gasteiger partial charge in [-0.25, -0.2) is 0 Å². The lowest BCUT2D eigenvalue weighted by atomic mass is 9.87. The van der Waals surface area contributed by atoms with E-state index in [0.717, 1.165) is 24.8 Å². The van der Waals surface area contributed by atoms with E-state index >= 15 is 0 Å². The number of nitrogens with zero attached hydrogens (tertiary/aromatic N) is 3. The molecule has 88 valence electrons. The van der Waals surface area contributed by atoms with Crippen LogP contribution in [0.25, 0.3) is 0 Å². The predicted molar refractivity (Wildman–Crippen MR) is 58.8 cm³/mol. The molecule has 1 atom stereocenters. The SMILES string of the molecule is Cc1noc(CN2CCC3(CCNC3)C2)n1. The lowest BCUT2D eigenvalue weighted by molar-refractivity contribution is 0.235. The van der Waals surface area contributed by atoms with Crippen LogP contribution in [-0.2, 0) is 6.54 Å². The molecule has 2 aliphatic rings. The first kappa shape index (κ1) is 10.2. The average molecular weight is 222 g/mol. The fraction of sp³-hybridized carbons (Fsp3) is 0.818. The topological polar surface area (TPSA) is 54.2 Å². The van der Waals surface area contributed by atoms with Crippen LogP contribution in [0.1, 0.15) is 24.6 Å². The molecule has 0 aliphatic carbocycles. The highest BCUT2D eigenvalue weighted by Crippen LogP contribution is 2.36. The number of nitrogens with one attached hydrogen (secondary N) is 1. The Hall–Kier alpha value is -0.940. The summed E-state index contributed by atoms with van der Waals surface area (Å²) in [5.41, 5.74) is 0.523. The lowest BCUT2D eigenvalue weighted by Gasteiger charge is -2.21. The first-order valence-electron chi connectivity index (χ1n) is 5.98. The number of aromatic nitrogens is 2. The van der Waals surface area contributed by atoms with Crippen molar-refractivity contribution in [2.75, 3.05) is 26.2 Å². The van der Waals surface area contributed by atoms with Crippen molar-refractivity contribution in [2.45, 2.75) is 26.3 Å². The van der Waals surface area contributed by atoms with Crippen LogP contribution in [0, 0.1) is 12.3 Å². The molecule has 2 saturated heterocycles. The minimum absolute atomic E-state index is 0.523. The Labute approximate surface area is 95.2 Å². The molecular weight excluding hydrogens is 204 g/mol. The standard InChI is InChI=1S/C11H18N4O/c1-9-13-10(16-14-9)6-15-5-3-11(8-15)2-4-12-7-11/h12H,2-8H2,1H3. The Morgan fingerprint density at radius 2 is 2.44 bits per heavy atom. The maximum Gasteiger partial charge on any atom is 0.240 e. The summed E-state index contributed by atoms with van der Waals surface area (Å²) in [7, 11) is 0. The zero-order valence-corrected chi connectivity index (χ0v) is 9.70. The Morgan fingerprint density at radius 3 is 3.12 bits per heavy atom. The second-order valence-electron chi connectivity index (χ2n) is 5.12. The van der Waals surface area contributed by atoms with Crippen LogP contribution in [-0.4, -0.2) is 41.2 Å². The quantitative estimate of drug-likeness (QED) is 0.792. The van der Waals surface area contributed by atoms with E-state index in [0.29, 0.717) is 5.41 Å². The summed E-state index contributed by atoms with van der Waals surface area (Å²) in [5, 5.41) is 7.29. The molecule has 1 aromatic rings. The Balaban J connectivity index is 1.61. The second kappa shape index (κ2) is 3.82. The van der Waals surface area contributed by atoms with Crippen molar-refractivity contribution in [3.63, 3.8) is 0 Å². The Bertz CT molecular complexity index is 370. The largest absolute Gasteiger partial charge is 0.338 e. The molecule has 3 heterocycles. The van der Waals surface area contributed by atoms with E-state index in [1.54, 1.807) is 0 Å². The van der Waals surface area contributed by atoms with Crippen molar-refractivity contribution in [2.24, 2.45) is 5.41 Å². The first-order chi connectivity index (χ1) is 7.76. The highest BCUT2D eigenvalue weighted by Gasteiger charge is 2.40. The molecule has 2 fully saturated rings. The fourth-order valence-corrected chi connectivity index (χ4v) is 2.90. The number of hydrogen-bond donors (Lipinski definition) is 1. The van der Waals surface area contributed by atoms with Gasteiger partial charge in [0.1, 0.15) is 0 Å². The van der Waals surface area contributed by atoms with Crippen molar-refractivity contribution in [1.82, 2.24) is 20.4 Å². The molecule has 3 rings (SSSR count). The summed E-state index contributed by atoms with van der Waals surface area (Å²) < 4.78 is 5.16. The van der Waals surface area contributed by atoms with Crippen LogP contribution >= 0.6 is 0 Å². The van der Waals surface area contributed by atoms with E-state index in [4.69, 9.17) is 4.52 Å². The maximum absolute atomic E-state index is 5.16. The van der Waals surface area contributed by atoms with E-state index in [2.05, 4.69) is 20.4 Å². The van der Waals surface area contributed by atoms with Crippen LogP contribution in [0.5, 0.6) is 0 Å². The summed E-state index contributed by atoms with van der Waals surface area (Å²) in [4.78, 5) is 6.68. The molecule has 5 nitrogen and oxygen atoms in total. The van der Waals surface area contributed by atoms with Gasteiger partial charge in [-0.15, -0.1) is 0 Å². The van der Waals surface area contributed by atoms with Crippen LogP contribution in [0.2, 0.25) is 0 Å². The molecule has 0 radical (unpaired) electrons. The molecule has 1 spiro atoms. The van der Waals surface area contributed by atoms with Crippen LogP contribution in [0.4, 0.5) is 0 Å². The van der Waals surface area contributed by atoms with Gasteiger partial charge in [0.25, 0.3) is 0 Å². The molecule has 0 saturated carbocycles. The molecule has 16 heavy (non-hydrogen) atoms. The summed E-state index contributed by atoms with van der Waals surface area (Å²) >= 11 is 0. The molecule has 0 aromatic carbocycles. The molecule has 5 heteroatoms. The van der Waals surface area contributed by atoms with Gasteiger partial charge >= 0.3 is 0 Å². The zero-order valence-electron chi connectivity index (χ0n) is 9.70. The molecule has 0 bridgehead atoms. The van der Waals surface area contributed by atoms with Crippen LogP contribution < -0.4 is 5.32 Å². The van der Waals surface area contributed by atoms with Crippen molar-refractivity contribution in [3.8, 4) is 0 Å². The third kappa shape index (κ3) is 1.85. The van der Waals surface area contributed by atoms with Gasteiger partial charge in [-0.3, -0.25) is 4.90 Å². The minimum atomic E-state index is 0.523. The third-order valence-electron chi connectivity index (χ3n) is 3.78. The third-order valence-corrected chi connectivity index (χ3v) is 3.78. The molecule has 0 amide bonds. The van der Waals surface area contributed by atoms with Gasteiger partial charge in [0.2, 0.25) is 5.89 Å². The number of rotatable bonds is 2. The molecule has 1 N–H and O–H groups in total. The Kier molecular flexibility index (Phi) is 2.44. The van der Waals surface area contributed by atoms with Gasteiger partial charge in [-0.05, 0) is 38.3 Å². The summed E-state index contributed by atoms with van der Waals surface area (Å²) in [6.07, 6.45) is 2.61. The van der Waals surface area contributed by atoms with E-state index in [1.165, 1.54) is 32.5 Å². The normalized spacial score (nSPS) is 30.6. The molecule has 2 aliphatic heterocycles. The minimum Gasteiger partial charge on any atom is -0.338 e. The summed E-state index contributed by atoms with van der Waals surface area (Å²) in [6, 6.07) is 0. The number of likely N-dealkylation sites (tertiary alicyclic amines) is 1. The van der Waals surface area contributed by atoms with Gasteiger partial charge in [0.05, 0.1) is 6.54 Å². The highest BCUT2D eigenvalue weighted by atomic mass is 16.5. The van der Waals surface area contributed by atoms with E-state index in [-0.39, 0.29) is 0 Å².